The molecule has 1 aromatic carbocycles. The number of carbonyl (C=O) groups excluding carboxylic acids is 1. The van der Waals surface area contributed by atoms with Crippen molar-refractivity contribution >= 4 is 17.5 Å². The Morgan fingerprint density at radius 2 is 1.69 bits per heavy atom. The van der Waals surface area contributed by atoms with E-state index < -0.39 is 0 Å². The van der Waals surface area contributed by atoms with Crippen LogP contribution in [0.25, 0.3) is 0 Å². The number of piperazine rings is 1. The molecular formula is C20H27N5O. The van der Waals surface area contributed by atoms with Gasteiger partial charge in [0.05, 0.1) is 0 Å². The summed E-state index contributed by atoms with van der Waals surface area (Å²) in [6, 6.07) is 11.8. The van der Waals surface area contributed by atoms with Crippen molar-refractivity contribution in [2.24, 2.45) is 0 Å². The Kier molecular flexibility index (Phi) is 5.71. The van der Waals surface area contributed by atoms with E-state index in [1.54, 1.807) is 0 Å². The van der Waals surface area contributed by atoms with Gasteiger partial charge in [0, 0.05) is 44.8 Å². The van der Waals surface area contributed by atoms with Crippen molar-refractivity contribution in [1.82, 2.24) is 15.1 Å². The fraction of sp³-hybridized carbons (Fsp3) is 0.450. The van der Waals surface area contributed by atoms with Gasteiger partial charge in [0.1, 0.15) is 0 Å². The number of nitrogens with zero attached hydrogens (tertiary/aromatic N) is 5. The summed E-state index contributed by atoms with van der Waals surface area (Å²) in [6.45, 7) is 11.0. The average Bonchev–Trinajstić information content (AvgIpc) is 2.69. The van der Waals surface area contributed by atoms with E-state index in [4.69, 9.17) is 0 Å². The van der Waals surface area contributed by atoms with E-state index in [1.165, 1.54) is 0 Å². The van der Waals surface area contributed by atoms with Gasteiger partial charge in [-0.25, -0.2) is 0 Å². The van der Waals surface area contributed by atoms with Gasteiger partial charge in [-0.05, 0) is 44.5 Å². The van der Waals surface area contributed by atoms with Crippen LogP contribution in [0.5, 0.6) is 0 Å². The Hall–Kier alpha value is -2.63. The smallest absolute Gasteiger partial charge is 0.254 e. The van der Waals surface area contributed by atoms with Gasteiger partial charge in [0.15, 0.2) is 11.6 Å². The third-order valence-electron chi connectivity index (χ3n) is 4.99. The number of aryl methyl sites for hydroxylation is 1. The van der Waals surface area contributed by atoms with Crippen molar-refractivity contribution in [1.29, 1.82) is 0 Å². The molecule has 2 heterocycles. The lowest BCUT2D eigenvalue weighted by atomic mass is 10.1. The van der Waals surface area contributed by atoms with Crippen LogP contribution in [0, 0.1) is 6.92 Å². The van der Waals surface area contributed by atoms with Crippen molar-refractivity contribution < 1.29 is 4.79 Å². The Morgan fingerprint density at radius 3 is 2.27 bits per heavy atom. The summed E-state index contributed by atoms with van der Waals surface area (Å²) in [5.41, 5.74) is 1.82. The molecule has 1 fully saturated rings. The van der Waals surface area contributed by atoms with Crippen molar-refractivity contribution in [3.63, 3.8) is 0 Å². The van der Waals surface area contributed by atoms with Crippen LogP contribution in [0.3, 0.4) is 0 Å². The average molecular weight is 353 g/mol. The van der Waals surface area contributed by atoms with E-state index in [0.29, 0.717) is 13.1 Å². The molecule has 1 aliphatic rings. The highest BCUT2D eigenvalue weighted by Gasteiger charge is 2.23. The molecule has 26 heavy (non-hydrogen) atoms. The molecule has 0 radical (unpaired) electrons. The number of anilines is 2. The first-order valence-corrected chi connectivity index (χ1v) is 9.32. The minimum Gasteiger partial charge on any atom is -0.356 e. The zero-order chi connectivity index (χ0) is 18.5. The molecule has 1 aromatic heterocycles. The maximum absolute atomic E-state index is 12.7. The topological polar surface area (TPSA) is 52.6 Å². The minimum absolute atomic E-state index is 0.116. The van der Waals surface area contributed by atoms with Gasteiger partial charge in [0.25, 0.3) is 5.91 Å². The van der Waals surface area contributed by atoms with E-state index in [-0.39, 0.29) is 5.91 Å². The number of benzene rings is 1. The second kappa shape index (κ2) is 8.17. The lowest BCUT2D eigenvalue weighted by Gasteiger charge is -2.35. The zero-order valence-corrected chi connectivity index (χ0v) is 15.9. The van der Waals surface area contributed by atoms with Crippen LogP contribution in [0.2, 0.25) is 0 Å². The fourth-order valence-electron chi connectivity index (χ4n) is 3.32. The van der Waals surface area contributed by atoms with E-state index in [1.807, 2.05) is 48.2 Å². The maximum Gasteiger partial charge on any atom is 0.254 e. The number of hydrogen-bond acceptors (Lipinski definition) is 5. The van der Waals surface area contributed by atoms with Gasteiger partial charge in [-0.2, -0.15) is 0 Å². The summed E-state index contributed by atoms with van der Waals surface area (Å²) in [5, 5.41) is 8.76. The summed E-state index contributed by atoms with van der Waals surface area (Å²) in [6.07, 6.45) is 0. The molecule has 0 aliphatic carbocycles. The first kappa shape index (κ1) is 18.2. The highest BCUT2D eigenvalue weighted by Crippen LogP contribution is 2.18. The summed E-state index contributed by atoms with van der Waals surface area (Å²) in [5.74, 6) is 1.90. The van der Waals surface area contributed by atoms with Gasteiger partial charge >= 0.3 is 0 Å². The third-order valence-corrected chi connectivity index (χ3v) is 4.99. The zero-order valence-electron chi connectivity index (χ0n) is 15.9. The molecule has 2 aromatic rings. The SMILES string of the molecule is CCN(CC)c1ccc(N2CCN(C(=O)c3ccccc3C)CC2)nn1. The molecule has 0 unspecified atom stereocenters. The van der Waals surface area contributed by atoms with Crippen molar-refractivity contribution in [2.75, 3.05) is 49.1 Å². The quantitative estimate of drug-likeness (QED) is 0.827. The third kappa shape index (κ3) is 3.79. The summed E-state index contributed by atoms with van der Waals surface area (Å²) >= 11 is 0. The molecule has 0 atom stereocenters. The minimum atomic E-state index is 0.116. The Labute approximate surface area is 155 Å². The highest BCUT2D eigenvalue weighted by atomic mass is 16.2. The summed E-state index contributed by atoms with van der Waals surface area (Å²) in [7, 11) is 0. The van der Waals surface area contributed by atoms with E-state index >= 15 is 0 Å². The molecule has 138 valence electrons. The van der Waals surface area contributed by atoms with Crippen LogP contribution in [-0.2, 0) is 0 Å². The molecule has 1 amide bonds. The van der Waals surface area contributed by atoms with Gasteiger partial charge < -0.3 is 14.7 Å². The standard InChI is InChI=1S/C20H27N5O/c1-4-23(5-2)18-10-11-19(22-21-18)24-12-14-25(15-13-24)20(26)17-9-7-6-8-16(17)3/h6-11H,4-5,12-15H2,1-3H3. The van der Waals surface area contributed by atoms with Crippen molar-refractivity contribution in [3.8, 4) is 0 Å². The molecule has 0 spiro atoms. The lowest BCUT2D eigenvalue weighted by Crippen LogP contribution is -2.49. The van der Waals surface area contributed by atoms with Crippen LogP contribution in [0.1, 0.15) is 29.8 Å². The van der Waals surface area contributed by atoms with Crippen LogP contribution in [-0.4, -0.2) is 60.3 Å². The maximum atomic E-state index is 12.7. The van der Waals surface area contributed by atoms with E-state index in [2.05, 4.69) is 33.8 Å². The van der Waals surface area contributed by atoms with Gasteiger partial charge in [-0.1, -0.05) is 18.2 Å². The molecule has 6 heteroatoms. The number of rotatable bonds is 5. The molecule has 0 saturated carbocycles. The molecule has 6 nitrogen and oxygen atoms in total. The van der Waals surface area contributed by atoms with Crippen LogP contribution < -0.4 is 9.80 Å². The number of amides is 1. The van der Waals surface area contributed by atoms with Gasteiger partial charge in [0.2, 0.25) is 0 Å². The summed E-state index contributed by atoms with van der Waals surface area (Å²) < 4.78 is 0. The van der Waals surface area contributed by atoms with E-state index in [9.17, 15) is 4.79 Å². The summed E-state index contributed by atoms with van der Waals surface area (Å²) in [4.78, 5) is 19.0. The molecular weight excluding hydrogens is 326 g/mol. The lowest BCUT2D eigenvalue weighted by molar-refractivity contribution is 0.0745. The predicted octanol–water partition coefficient (Wildman–Crippen LogP) is 2.59. The number of hydrogen-bond donors (Lipinski definition) is 0. The number of aromatic nitrogens is 2. The monoisotopic (exact) mass is 353 g/mol. The second-order valence-corrected chi connectivity index (χ2v) is 6.52. The molecule has 1 aliphatic heterocycles. The van der Waals surface area contributed by atoms with Gasteiger partial charge in [-0.3, -0.25) is 4.79 Å². The van der Waals surface area contributed by atoms with Crippen LogP contribution >= 0.6 is 0 Å². The van der Waals surface area contributed by atoms with Gasteiger partial charge in [-0.15, -0.1) is 10.2 Å². The first-order chi connectivity index (χ1) is 12.6. The molecule has 0 N–H and O–H groups in total. The molecule has 3 rings (SSSR count). The van der Waals surface area contributed by atoms with E-state index in [0.717, 1.165) is 48.9 Å². The molecule has 1 saturated heterocycles. The predicted molar refractivity (Wildman–Crippen MR) is 105 cm³/mol. The highest BCUT2D eigenvalue weighted by molar-refractivity contribution is 5.95. The Morgan fingerprint density at radius 1 is 1.00 bits per heavy atom. The Bertz CT molecular complexity index is 734. The normalized spacial score (nSPS) is 14.4. The largest absolute Gasteiger partial charge is 0.356 e. The van der Waals surface area contributed by atoms with Crippen molar-refractivity contribution in [3.05, 3.63) is 47.5 Å². The Balaban J connectivity index is 1.62. The first-order valence-electron chi connectivity index (χ1n) is 9.32. The fourth-order valence-corrected chi connectivity index (χ4v) is 3.32. The van der Waals surface area contributed by atoms with Crippen LogP contribution in [0.4, 0.5) is 11.6 Å². The van der Waals surface area contributed by atoms with Crippen LogP contribution in [0.15, 0.2) is 36.4 Å². The molecule has 0 bridgehead atoms. The second-order valence-electron chi connectivity index (χ2n) is 6.52. The number of carbonyl (C=O) groups is 1. The van der Waals surface area contributed by atoms with Crippen molar-refractivity contribution in [2.45, 2.75) is 20.8 Å².